The van der Waals surface area contributed by atoms with E-state index >= 15 is 0 Å². The Kier molecular flexibility index (Phi) is 3.58. The number of ether oxygens (including phenoxy) is 1. The van der Waals surface area contributed by atoms with Gasteiger partial charge in [0, 0.05) is 29.5 Å². The Morgan fingerprint density at radius 2 is 2.16 bits per heavy atom. The van der Waals surface area contributed by atoms with Crippen LogP contribution in [0, 0.1) is 0 Å². The van der Waals surface area contributed by atoms with Crippen molar-refractivity contribution in [3.63, 3.8) is 0 Å². The number of likely N-dealkylation sites (tertiary alicyclic amines) is 1. The fourth-order valence-corrected chi connectivity index (χ4v) is 3.53. The second kappa shape index (κ2) is 5.08. The Morgan fingerprint density at radius 3 is 2.84 bits per heavy atom. The van der Waals surface area contributed by atoms with Gasteiger partial charge in [0.2, 0.25) is 0 Å². The summed E-state index contributed by atoms with van der Waals surface area (Å²) in [5.41, 5.74) is 0.755. The highest BCUT2D eigenvalue weighted by Crippen LogP contribution is 2.44. The van der Waals surface area contributed by atoms with Crippen molar-refractivity contribution in [3.8, 4) is 5.75 Å². The Bertz CT molecular complexity index is 469. The number of halogens is 1. The van der Waals surface area contributed by atoms with Gasteiger partial charge in [-0.05, 0) is 31.5 Å². The smallest absolute Gasteiger partial charge is 0.127 e. The minimum absolute atomic E-state index is 0.168. The predicted octanol–water partition coefficient (Wildman–Crippen LogP) is 3.12. The summed E-state index contributed by atoms with van der Waals surface area (Å²) in [4.78, 5) is 2.44. The van der Waals surface area contributed by atoms with Gasteiger partial charge in [-0.2, -0.15) is 0 Å². The molecule has 2 aliphatic heterocycles. The number of rotatable bonds is 1. The van der Waals surface area contributed by atoms with Crippen molar-refractivity contribution in [1.82, 2.24) is 4.90 Å². The summed E-state index contributed by atoms with van der Waals surface area (Å²) < 4.78 is 7.29. The van der Waals surface area contributed by atoms with Crippen LogP contribution in [0.2, 0.25) is 0 Å². The second-order valence-electron chi connectivity index (χ2n) is 5.62. The zero-order valence-electron chi connectivity index (χ0n) is 11.2. The molecule has 1 N–H and O–H groups in total. The number of nitrogens with zero attached hydrogens (tertiary/aromatic N) is 1. The molecule has 4 heteroatoms. The summed E-state index contributed by atoms with van der Waals surface area (Å²) in [5, 5.41) is 10.4. The van der Waals surface area contributed by atoms with Crippen molar-refractivity contribution in [3.05, 3.63) is 28.2 Å². The monoisotopic (exact) mass is 325 g/mol. The minimum atomic E-state index is -0.398. The normalized spacial score (nSPS) is 25.9. The van der Waals surface area contributed by atoms with Crippen molar-refractivity contribution < 1.29 is 9.84 Å². The molecule has 0 bridgehead atoms. The van der Waals surface area contributed by atoms with Crippen LogP contribution in [0.5, 0.6) is 5.75 Å². The van der Waals surface area contributed by atoms with Gasteiger partial charge in [0.1, 0.15) is 11.4 Å². The molecule has 0 aromatic heterocycles. The molecule has 0 radical (unpaired) electrons. The molecule has 1 fully saturated rings. The Balaban J connectivity index is 1.84. The number of benzene rings is 1. The number of hydrogen-bond donors (Lipinski definition) is 1. The van der Waals surface area contributed by atoms with E-state index < -0.39 is 6.10 Å². The first-order chi connectivity index (χ1) is 9.12. The molecule has 19 heavy (non-hydrogen) atoms. The van der Waals surface area contributed by atoms with E-state index in [1.165, 1.54) is 0 Å². The number of aliphatic hydroxyl groups is 1. The molecule has 0 aliphatic carbocycles. The highest BCUT2D eigenvalue weighted by molar-refractivity contribution is 9.10. The van der Waals surface area contributed by atoms with E-state index in [1.807, 2.05) is 18.2 Å². The minimum Gasteiger partial charge on any atom is -0.487 e. The van der Waals surface area contributed by atoms with Crippen LogP contribution in [0.4, 0.5) is 0 Å². The molecular weight excluding hydrogens is 306 g/mol. The molecule has 1 aromatic carbocycles. The first kappa shape index (κ1) is 13.4. The van der Waals surface area contributed by atoms with E-state index in [0.717, 1.165) is 54.7 Å². The lowest BCUT2D eigenvalue weighted by molar-refractivity contribution is -0.0531. The SMILES string of the molecule is CCN1CCC2(CC1)CC(O)c1ccc(Br)cc1O2. The van der Waals surface area contributed by atoms with Crippen LogP contribution in [0.3, 0.4) is 0 Å². The summed E-state index contributed by atoms with van der Waals surface area (Å²) in [6.07, 6.45) is 2.33. The maximum Gasteiger partial charge on any atom is 0.127 e. The topological polar surface area (TPSA) is 32.7 Å². The molecule has 1 saturated heterocycles. The van der Waals surface area contributed by atoms with Gasteiger partial charge in [0.15, 0.2) is 0 Å². The second-order valence-corrected chi connectivity index (χ2v) is 6.54. The number of hydrogen-bond acceptors (Lipinski definition) is 3. The maximum atomic E-state index is 10.4. The molecule has 1 atom stereocenters. The van der Waals surface area contributed by atoms with Gasteiger partial charge in [0.05, 0.1) is 6.10 Å². The third-order valence-corrected chi connectivity index (χ3v) is 4.93. The fraction of sp³-hybridized carbons (Fsp3) is 0.600. The lowest BCUT2D eigenvalue weighted by Crippen LogP contribution is -2.50. The molecule has 3 rings (SSSR count). The average molecular weight is 326 g/mol. The van der Waals surface area contributed by atoms with Crippen molar-refractivity contribution in [1.29, 1.82) is 0 Å². The van der Waals surface area contributed by atoms with Gasteiger partial charge >= 0.3 is 0 Å². The van der Waals surface area contributed by atoms with Crippen molar-refractivity contribution in [2.24, 2.45) is 0 Å². The van der Waals surface area contributed by atoms with Crippen LogP contribution >= 0.6 is 15.9 Å². The van der Waals surface area contributed by atoms with Crippen molar-refractivity contribution in [2.45, 2.75) is 37.9 Å². The summed E-state index contributed by atoms with van der Waals surface area (Å²) in [6, 6.07) is 5.90. The van der Waals surface area contributed by atoms with Gasteiger partial charge in [-0.25, -0.2) is 0 Å². The van der Waals surface area contributed by atoms with Crippen LogP contribution in [0.25, 0.3) is 0 Å². The molecular formula is C15H20BrNO2. The van der Waals surface area contributed by atoms with E-state index in [1.54, 1.807) is 0 Å². The van der Waals surface area contributed by atoms with Crippen LogP contribution in [0.15, 0.2) is 22.7 Å². The number of aliphatic hydroxyl groups excluding tert-OH is 1. The quantitative estimate of drug-likeness (QED) is 0.861. The summed E-state index contributed by atoms with van der Waals surface area (Å²) in [7, 11) is 0. The van der Waals surface area contributed by atoms with Crippen molar-refractivity contribution in [2.75, 3.05) is 19.6 Å². The van der Waals surface area contributed by atoms with Crippen LogP contribution in [0.1, 0.15) is 37.9 Å². The first-order valence-corrected chi connectivity index (χ1v) is 7.80. The van der Waals surface area contributed by atoms with E-state index in [0.29, 0.717) is 0 Å². The Hall–Kier alpha value is -0.580. The van der Waals surface area contributed by atoms with Crippen LogP contribution in [-0.4, -0.2) is 35.2 Å². The van der Waals surface area contributed by atoms with E-state index in [9.17, 15) is 5.11 Å². The molecule has 0 saturated carbocycles. The van der Waals surface area contributed by atoms with E-state index in [2.05, 4.69) is 27.8 Å². The lowest BCUT2D eigenvalue weighted by Gasteiger charge is -2.45. The summed E-state index contributed by atoms with van der Waals surface area (Å²) in [6.45, 7) is 5.42. The third-order valence-electron chi connectivity index (χ3n) is 4.44. The zero-order valence-corrected chi connectivity index (χ0v) is 12.8. The van der Waals surface area contributed by atoms with Gasteiger partial charge in [-0.15, -0.1) is 0 Å². The van der Waals surface area contributed by atoms with Crippen LogP contribution in [-0.2, 0) is 0 Å². The summed E-state index contributed by atoms with van der Waals surface area (Å²) in [5.74, 6) is 0.845. The Morgan fingerprint density at radius 1 is 1.42 bits per heavy atom. The molecule has 1 unspecified atom stereocenters. The first-order valence-electron chi connectivity index (χ1n) is 7.01. The highest BCUT2D eigenvalue weighted by atomic mass is 79.9. The van der Waals surface area contributed by atoms with Gasteiger partial charge < -0.3 is 14.7 Å². The predicted molar refractivity (Wildman–Crippen MR) is 78.4 cm³/mol. The molecule has 0 amide bonds. The maximum absolute atomic E-state index is 10.4. The molecule has 2 aliphatic rings. The Labute approximate surface area is 122 Å². The number of fused-ring (bicyclic) bond motifs is 1. The molecule has 1 spiro atoms. The zero-order chi connectivity index (χ0) is 13.5. The highest BCUT2D eigenvalue weighted by Gasteiger charge is 2.42. The van der Waals surface area contributed by atoms with E-state index in [-0.39, 0.29) is 5.60 Å². The van der Waals surface area contributed by atoms with Crippen molar-refractivity contribution >= 4 is 15.9 Å². The van der Waals surface area contributed by atoms with E-state index in [4.69, 9.17) is 4.74 Å². The lowest BCUT2D eigenvalue weighted by atomic mass is 9.81. The molecule has 104 valence electrons. The molecule has 3 nitrogen and oxygen atoms in total. The van der Waals surface area contributed by atoms with Gasteiger partial charge in [-0.3, -0.25) is 0 Å². The number of piperidine rings is 1. The average Bonchev–Trinajstić information content (AvgIpc) is 2.39. The largest absolute Gasteiger partial charge is 0.487 e. The van der Waals surface area contributed by atoms with Crippen LogP contribution < -0.4 is 4.74 Å². The summed E-state index contributed by atoms with van der Waals surface area (Å²) >= 11 is 3.47. The molecule has 2 heterocycles. The fourth-order valence-electron chi connectivity index (χ4n) is 3.19. The standard InChI is InChI=1S/C15H20BrNO2/c1-2-17-7-5-15(6-8-17)10-13(18)12-4-3-11(16)9-14(12)19-15/h3-4,9,13,18H,2,5-8,10H2,1H3. The third kappa shape index (κ3) is 2.54. The van der Waals surface area contributed by atoms with Gasteiger partial charge in [0.25, 0.3) is 0 Å². The molecule has 1 aromatic rings. The van der Waals surface area contributed by atoms with Gasteiger partial charge in [-0.1, -0.05) is 28.9 Å².